The first-order valence-electron chi connectivity index (χ1n) is 9.76. The first-order chi connectivity index (χ1) is 13.6. The number of halogens is 1. The zero-order chi connectivity index (χ0) is 19.9. The third kappa shape index (κ3) is 5.27. The van der Waals surface area contributed by atoms with Crippen LogP contribution in [0.5, 0.6) is 0 Å². The molecule has 0 fully saturated rings. The van der Waals surface area contributed by atoms with E-state index in [0.29, 0.717) is 27.7 Å². The molecule has 1 aromatic heterocycles. The lowest BCUT2D eigenvalue weighted by Crippen LogP contribution is -2.25. The first kappa shape index (κ1) is 20.7. The molecule has 1 N–H and O–H groups in total. The Kier molecular flexibility index (Phi) is 7.36. The van der Waals surface area contributed by atoms with Crippen LogP contribution in [0.15, 0.2) is 35.4 Å². The number of fused-ring (bicyclic) bond motifs is 1. The normalized spacial score (nSPS) is 14.9. The quantitative estimate of drug-likeness (QED) is 0.631. The maximum Gasteiger partial charge on any atom is 0.237 e. The predicted octanol–water partition coefficient (Wildman–Crippen LogP) is 5.78. The average molecular weight is 414 g/mol. The molecule has 1 unspecified atom stereocenters. The molecule has 3 rings (SSSR count). The van der Waals surface area contributed by atoms with Gasteiger partial charge in [0.2, 0.25) is 5.91 Å². The van der Waals surface area contributed by atoms with Gasteiger partial charge in [-0.3, -0.25) is 4.79 Å². The first-order valence-corrected chi connectivity index (χ1v) is 11.0. The van der Waals surface area contributed by atoms with E-state index in [1.807, 2.05) is 13.0 Å². The molecule has 28 heavy (non-hydrogen) atoms. The van der Waals surface area contributed by atoms with Crippen LogP contribution in [0.2, 0.25) is 5.02 Å². The molecule has 0 aliphatic heterocycles. The predicted molar refractivity (Wildman–Crippen MR) is 115 cm³/mol. The Hall–Kier alpha value is -2.03. The summed E-state index contributed by atoms with van der Waals surface area (Å²) in [5.74, 6) is -0.0905. The number of aromatic nitrogens is 1. The summed E-state index contributed by atoms with van der Waals surface area (Å²) in [5, 5.41) is 13.5. The Morgan fingerprint density at radius 1 is 1.25 bits per heavy atom. The molecule has 1 amide bonds. The fourth-order valence-corrected chi connectivity index (χ4v) is 4.47. The van der Waals surface area contributed by atoms with Gasteiger partial charge in [0.15, 0.2) is 0 Å². The number of amides is 1. The Labute approximate surface area is 175 Å². The Balaban J connectivity index is 1.79. The van der Waals surface area contributed by atoms with E-state index in [0.717, 1.165) is 31.4 Å². The largest absolute Gasteiger partial charge is 0.325 e. The second-order valence-electron chi connectivity index (χ2n) is 6.98. The van der Waals surface area contributed by atoms with E-state index in [4.69, 9.17) is 16.6 Å². The van der Waals surface area contributed by atoms with Crippen LogP contribution in [0, 0.1) is 11.3 Å². The highest BCUT2D eigenvalue weighted by molar-refractivity contribution is 8.00. The number of carbonyl (C=O) groups is 1. The number of hydrogen-bond acceptors (Lipinski definition) is 4. The van der Waals surface area contributed by atoms with Crippen LogP contribution < -0.4 is 5.32 Å². The monoisotopic (exact) mass is 413 g/mol. The van der Waals surface area contributed by atoms with Crippen molar-refractivity contribution in [2.45, 2.75) is 62.1 Å². The summed E-state index contributed by atoms with van der Waals surface area (Å²) >= 11 is 7.29. The van der Waals surface area contributed by atoms with Gasteiger partial charge in [-0.15, -0.1) is 0 Å². The van der Waals surface area contributed by atoms with Crippen molar-refractivity contribution in [2.24, 2.45) is 0 Å². The zero-order valence-corrected chi connectivity index (χ0v) is 17.6. The number of pyridine rings is 1. The molecule has 0 saturated carbocycles. The van der Waals surface area contributed by atoms with Crippen molar-refractivity contribution in [1.29, 1.82) is 5.26 Å². The molecule has 1 aromatic carbocycles. The van der Waals surface area contributed by atoms with Crippen molar-refractivity contribution < 1.29 is 4.79 Å². The van der Waals surface area contributed by atoms with Crippen molar-refractivity contribution in [3.63, 3.8) is 0 Å². The van der Waals surface area contributed by atoms with Crippen molar-refractivity contribution in [3.05, 3.63) is 52.2 Å². The maximum absolute atomic E-state index is 12.7. The number of anilines is 1. The highest BCUT2D eigenvalue weighted by Gasteiger charge is 2.22. The second kappa shape index (κ2) is 9.95. The molecule has 6 heteroatoms. The number of carbonyl (C=O) groups excluding carboxylic acids is 1. The minimum absolute atomic E-state index is 0.0905. The molecule has 1 atom stereocenters. The molecule has 1 heterocycles. The summed E-state index contributed by atoms with van der Waals surface area (Å²) in [7, 11) is 0. The summed E-state index contributed by atoms with van der Waals surface area (Å²) in [4.78, 5) is 17.6. The van der Waals surface area contributed by atoms with E-state index < -0.39 is 0 Å². The standard InChI is InChI=1S/C22H24ClN3OS/c1-2-20(21(27)25-18-11-9-17(23)10-12-18)28-22-16(14-24)13-15-7-5-3-4-6-8-19(15)26-22/h9-13,20H,2-8H2,1H3,(H,25,27). The van der Waals surface area contributed by atoms with Crippen LogP contribution in [-0.2, 0) is 17.6 Å². The van der Waals surface area contributed by atoms with Gasteiger partial charge in [0.1, 0.15) is 11.1 Å². The van der Waals surface area contributed by atoms with E-state index >= 15 is 0 Å². The molecular formula is C22H24ClN3OS. The van der Waals surface area contributed by atoms with Gasteiger partial charge in [0, 0.05) is 16.4 Å². The van der Waals surface area contributed by atoms with Gasteiger partial charge in [-0.1, -0.05) is 43.1 Å². The molecule has 146 valence electrons. The van der Waals surface area contributed by atoms with Crippen LogP contribution in [0.25, 0.3) is 0 Å². The summed E-state index contributed by atoms with van der Waals surface area (Å²) in [5.41, 5.74) is 3.57. The molecule has 0 bridgehead atoms. The molecule has 1 aliphatic rings. The van der Waals surface area contributed by atoms with E-state index in [-0.39, 0.29) is 11.2 Å². The highest BCUT2D eigenvalue weighted by Crippen LogP contribution is 2.31. The lowest BCUT2D eigenvalue weighted by Gasteiger charge is -2.18. The number of nitriles is 1. The van der Waals surface area contributed by atoms with Gasteiger partial charge < -0.3 is 5.32 Å². The Bertz CT molecular complexity index is 877. The lowest BCUT2D eigenvalue weighted by atomic mass is 9.96. The van der Waals surface area contributed by atoms with Gasteiger partial charge >= 0.3 is 0 Å². The molecule has 1 aliphatic carbocycles. The van der Waals surface area contributed by atoms with Gasteiger partial charge in [0.05, 0.1) is 10.8 Å². The van der Waals surface area contributed by atoms with Crippen LogP contribution >= 0.6 is 23.4 Å². The third-order valence-electron chi connectivity index (χ3n) is 4.92. The maximum atomic E-state index is 12.7. The van der Waals surface area contributed by atoms with E-state index in [1.165, 1.54) is 30.2 Å². The smallest absolute Gasteiger partial charge is 0.237 e. The number of hydrogen-bond donors (Lipinski definition) is 1. The minimum atomic E-state index is -0.318. The minimum Gasteiger partial charge on any atom is -0.325 e. The fourth-order valence-electron chi connectivity index (χ4n) is 3.35. The van der Waals surface area contributed by atoms with Crippen molar-refractivity contribution >= 4 is 35.0 Å². The van der Waals surface area contributed by atoms with Crippen LogP contribution in [0.3, 0.4) is 0 Å². The van der Waals surface area contributed by atoms with Gasteiger partial charge in [-0.2, -0.15) is 5.26 Å². The van der Waals surface area contributed by atoms with E-state index in [2.05, 4.69) is 11.4 Å². The van der Waals surface area contributed by atoms with Gasteiger partial charge in [-0.05, 0) is 68.0 Å². The van der Waals surface area contributed by atoms with Crippen LogP contribution in [-0.4, -0.2) is 16.1 Å². The number of nitrogens with one attached hydrogen (secondary N) is 1. The number of benzene rings is 1. The highest BCUT2D eigenvalue weighted by atomic mass is 35.5. The number of aryl methyl sites for hydroxylation is 2. The topological polar surface area (TPSA) is 65.8 Å². The summed E-state index contributed by atoms with van der Waals surface area (Å²) in [6, 6.07) is 11.3. The summed E-state index contributed by atoms with van der Waals surface area (Å²) in [6.07, 6.45) is 7.31. The number of rotatable bonds is 5. The van der Waals surface area contributed by atoms with Gasteiger partial charge in [-0.25, -0.2) is 4.98 Å². The fraction of sp³-hybridized carbons (Fsp3) is 0.409. The summed E-state index contributed by atoms with van der Waals surface area (Å²) in [6.45, 7) is 1.97. The average Bonchev–Trinajstić information content (AvgIpc) is 2.68. The molecule has 0 saturated heterocycles. The van der Waals surface area contributed by atoms with E-state index in [1.54, 1.807) is 24.3 Å². The number of nitrogens with zero attached hydrogens (tertiary/aromatic N) is 2. The Morgan fingerprint density at radius 3 is 2.64 bits per heavy atom. The molecule has 0 spiro atoms. The molecule has 4 nitrogen and oxygen atoms in total. The van der Waals surface area contributed by atoms with Crippen molar-refractivity contribution in [3.8, 4) is 6.07 Å². The van der Waals surface area contributed by atoms with Crippen molar-refractivity contribution in [2.75, 3.05) is 5.32 Å². The lowest BCUT2D eigenvalue weighted by molar-refractivity contribution is -0.115. The zero-order valence-electron chi connectivity index (χ0n) is 16.0. The SMILES string of the molecule is CCC(Sc1nc2c(cc1C#N)CCCCCC2)C(=O)Nc1ccc(Cl)cc1. The summed E-state index contributed by atoms with van der Waals surface area (Å²) < 4.78 is 0. The molecule has 0 radical (unpaired) electrons. The third-order valence-corrected chi connectivity index (χ3v) is 6.53. The molecular weight excluding hydrogens is 390 g/mol. The van der Waals surface area contributed by atoms with Crippen molar-refractivity contribution in [1.82, 2.24) is 4.98 Å². The number of thioether (sulfide) groups is 1. The Morgan fingerprint density at radius 2 is 1.96 bits per heavy atom. The van der Waals surface area contributed by atoms with Gasteiger partial charge in [0.25, 0.3) is 0 Å². The molecule has 2 aromatic rings. The van der Waals surface area contributed by atoms with Crippen LogP contribution in [0.1, 0.15) is 55.8 Å². The van der Waals surface area contributed by atoms with Crippen LogP contribution in [0.4, 0.5) is 5.69 Å². The van der Waals surface area contributed by atoms with E-state index in [9.17, 15) is 10.1 Å². The second-order valence-corrected chi connectivity index (χ2v) is 8.61.